The zero-order valence-corrected chi connectivity index (χ0v) is 11.5. The molecule has 0 amide bonds. The minimum absolute atomic E-state index is 0.487. The third kappa shape index (κ3) is 3.30. The summed E-state index contributed by atoms with van der Waals surface area (Å²) in [6.45, 7) is 6.46. The summed E-state index contributed by atoms with van der Waals surface area (Å²) < 4.78 is 0. The van der Waals surface area contributed by atoms with Gasteiger partial charge in [-0.25, -0.2) is 0 Å². The number of hydrogen-bond acceptors (Lipinski definition) is 0. The minimum atomic E-state index is -1.48. The molecule has 1 unspecified atom stereocenters. The molecule has 0 radical (unpaired) electrons. The van der Waals surface area contributed by atoms with Crippen LogP contribution in [0.5, 0.6) is 0 Å². The maximum absolute atomic E-state index is 5.90. The average molecular weight is 247 g/mol. The molecule has 1 rings (SSSR count). The quantitative estimate of drug-likeness (QED) is 0.557. The zero-order chi connectivity index (χ0) is 10.7. The second-order valence-corrected chi connectivity index (χ2v) is 8.96. The van der Waals surface area contributed by atoms with E-state index in [0.717, 1.165) is 6.04 Å². The first-order chi connectivity index (χ1) is 6.50. The van der Waals surface area contributed by atoms with E-state index in [0.29, 0.717) is 5.92 Å². The second-order valence-electron chi connectivity index (χ2n) is 3.87. The first-order valence-corrected chi connectivity index (χ1v) is 9.16. The fourth-order valence-electron chi connectivity index (χ4n) is 1.47. The van der Waals surface area contributed by atoms with Gasteiger partial charge in [-0.2, -0.15) is 22.2 Å². The topological polar surface area (TPSA) is 0 Å². The number of aryl methyl sites for hydroxylation is 2. The van der Waals surface area contributed by atoms with Crippen molar-refractivity contribution in [3.05, 3.63) is 34.9 Å². The number of rotatable bonds is 3. The number of hydrogen-bond donors (Lipinski definition) is 0. The maximum Gasteiger partial charge on any atom is 0.237 e. The van der Waals surface area contributed by atoms with Crippen molar-refractivity contribution in [3.63, 3.8) is 0 Å². The number of benzene rings is 1. The van der Waals surface area contributed by atoms with Gasteiger partial charge in [0.2, 0.25) is 7.42 Å². The Morgan fingerprint density at radius 2 is 1.86 bits per heavy atom. The molecule has 0 aliphatic carbocycles. The lowest BCUT2D eigenvalue weighted by Crippen LogP contribution is -2.01. The van der Waals surface area contributed by atoms with Crippen molar-refractivity contribution in [2.24, 2.45) is 0 Å². The van der Waals surface area contributed by atoms with Gasteiger partial charge in [0, 0.05) is 0 Å². The van der Waals surface area contributed by atoms with Crippen LogP contribution in [0.25, 0.3) is 0 Å². The largest absolute Gasteiger partial charge is 0.237 e. The van der Waals surface area contributed by atoms with Gasteiger partial charge in [-0.3, -0.25) is 0 Å². The summed E-state index contributed by atoms with van der Waals surface area (Å²) in [4.78, 5) is 0. The molecular formula is C11H16Cl2Si. The first-order valence-electron chi connectivity index (χ1n) is 4.86. The van der Waals surface area contributed by atoms with Crippen LogP contribution in [0.1, 0.15) is 29.5 Å². The van der Waals surface area contributed by atoms with Crippen LogP contribution in [0.2, 0.25) is 6.04 Å². The SMILES string of the molecule is Cc1ccc(C(C)C[SiH](Cl)Cl)cc1C. The van der Waals surface area contributed by atoms with Crippen LogP contribution in [0.3, 0.4) is 0 Å². The van der Waals surface area contributed by atoms with Gasteiger partial charge in [-0.1, -0.05) is 25.1 Å². The van der Waals surface area contributed by atoms with Crippen molar-refractivity contribution in [1.29, 1.82) is 0 Å². The molecule has 1 aromatic rings. The van der Waals surface area contributed by atoms with Crippen molar-refractivity contribution < 1.29 is 0 Å². The highest BCUT2D eigenvalue weighted by Crippen LogP contribution is 2.25. The summed E-state index contributed by atoms with van der Waals surface area (Å²) in [5, 5.41) is 0. The van der Waals surface area contributed by atoms with Crippen molar-refractivity contribution in [3.8, 4) is 0 Å². The zero-order valence-electron chi connectivity index (χ0n) is 8.85. The Morgan fingerprint density at radius 3 is 2.36 bits per heavy atom. The smallest absolute Gasteiger partial charge is 0.150 e. The van der Waals surface area contributed by atoms with Crippen LogP contribution in [-0.2, 0) is 0 Å². The summed E-state index contributed by atoms with van der Waals surface area (Å²) in [7, 11) is -1.48. The molecule has 14 heavy (non-hydrogen) atoms. The van der Waals surface area contributed by atoms with Gasteiger partial charge in [0.15, 0.2) is 0 Å². The van der Waals surface area contributed by atoms with E-state index in [2.05, 4.69) is 39.0 Å². The van der Waals surface area contributed by atoms with E-state index in [4.69, 9.17) is 22.2 Å². The van der Waals surface area contributed by atoms with Crippen molar-refractivity contribution in [2.75, 3.05) is 0 Å². The van der Waals surface area contributed by atoms with Crippen LogP contribution in [0.4, 0.5) is 0 Å². The molecule has 0 bridgehead atoms. The molecular weight excluding hydrogens is 231 g/mol. The highest BCUT2D eigenvalue weighted by molar-refractivity contribution is 7.33. The van der Waals surface area contributed by atoms with Crippen molar-refractivity contribution >= 4 is 29.6 Å². The summed E-state index contributed by atoms with van der Waals surface area (Å²) in [6.07, 6.45) is 0. The van der Waals surface area contributed by atoms with Crippen LogP contribution in [0.15, 0.2) is 18.2 Å². The van der Waals surface area contributed by atoms with E-state index in [1.807, 2.05) is 0 Å². The summed E-state index contributed by atoms with van der Waals surface area (Å²) in [5.74, 6) is 0.487. The lowest BCUT2D eigenvalue weighted by molar-refractivity contribution is 0.858. The summed E-state index contributed by atoms with van der Waals surface area (Å²) in [5.41, 5.74) is 4.04. The lowest BCUT2D eigenvalue weighted by atomic mass is 9.98. The Bertz CT molecular complexity index is 310. The Kier molecular flexibility index (Phi) is 4.49. The molecule has 0 saturated carbocycles. The van der Waals surface area contributed by atoms with Crippen LogP contribution >= 0.6 is 22.2 Å². The van der Waals surface area contributed by atoms with Gasteiger partial charge < -0.3 is 0 Å². The maximum atomic E-state index is 5.90. The molecule has 0 fully saturated rings. The van der Waals surface area contributed by atoms with Crippen molar-refractivity contribution in [2.45, 2.75) is 32.7 Å². The fourth-order valence-corrected chi connectivity index (χ4v) is 3.88. The van der Waals surface area contributed by atoms with Gasteiger partial charge in [0.05, 0.1) is 0 Å². The molecule has 0 aliphatic rings. The van der Waals surface area contributed by atoms with E-state index in [1.54, 1.807) is 0 Å². The molecule has 1 aromatic carbocycles. The predicted molar refractivity (Wildman–Crippen MR) is 68.0 cm³/mol. The van der Waals surface area contributed by atoms with Gasteiger partial charge >= 0.3 is 0 Å². The van der Waals surface area contributed by atoms with E-state index >= 15 is 0 Å². The summed E-state index contributed by atoms with van der Waals surface area (Å²) >= 11 is 11.8. The second kappa shape index (κ2) is 5.20. The molecule has 0 N–H and O–H groups in total. The summed E-state index contributed by atoms with van der Waals surface area (Å²) in [6, 6.07) is 7.54. The Balaban J connectivity index is 2.80. The lowest BCUT2D eigenvalue weighted by Gasteiger charge is -2.13. The third-order valence-electron chi connectivity index (χ3n) is 2.63. The molecule has 0 aliphatic heterocycles. The molecule has 0 aromatic heterocycles. The predicted octanol–water partition coefficient (Wildman–Crippen LogP) is 4.11. The molecule has 0 heterocycles. The van der Waals surface area contributed by atoms with Gasteiger partial charge in [0.1, 0.15) is 0 Å². The Morgan fingerprint density at radius 1 is 1.21 bits per heavy atom. The molecule has 78 valence electrons. The van der Waals surface area contributed by atoms with Crippen LogP contribution in [0, 0.1) is 13.8 Å². The van der Waals surface area contributed by atoms with E-state index < -0.39 is 7.42 Å². The highest BCUT2D eigenvalue weighted by atomic mass is 35.7. The van der Waals surface area contributed by atoms with Gasteiger partial charge in [-0.15, -0.1) is 0 Å². The van der Waals surface area contributed by atoms with Crippen LogP contribution in [-0.4, -0.2) is 7.42 Å². The standard InChI is InChI=1S/C11H16Cl2Si/c1-8-4-5-11(6-9(8)2)10(3)7-14(12)13/h4-6,10,14H,7H2,1-3H3. The first kappa shape index (κ1) is 12.1. The normalized spacial score (nSPS) is 13.3. The number of halogens is 2. The van der Waals surface area contributed by atoms with Crippen molar-refractivity contribution in [1.82, 2.24) is 0 Å². The molecule has 0 spiro atoms. The molecule has 3 heteroatoms. The van der Waals surface area contributed by atoms with E-state index in [-0.39, 0.29) is 0 Å². The minimum Gasteiger partial charge on any atom is -0.150 e. The van der Waals surface area contributed by atoms with Gasteiger partial charge in [0.25, 0.3) is 0 Å². The Labute approximate surface area is 97.3 Å². The van der Waals surface area contributed by atoms with Crippen LogP contribution < -0.4 is 0 Å². The van der Waals surface area contributed by atoms with E-state index in [1.165, 1.54) is 16.7 Å². The monoisotopic (exact) mass is 246 g/mol. The average Bonchev–Trinajstić information content (AvgIpc) is 2.08. The fraction of sp³-hybridized carbons (Fsp3) is 0.455. The molecule has 1 atom stereocenters. The molecule has 0 nitrogen and oxygen atoms in total. The van der Waals surface area contributed by atoms with Gasteiger partial charge in [-0.05, 0) is 42.5 Å². The highest BCUT2D eigenvalue weighted by Gasteiger charge is 2.11. The molecule has 0 saturated heterocycles. The third-order valence-corrected chi connectivity index (χ3v) is 4.76. The van der Waals surface area contributed by atoms with E-state index in [9.17, 15) is 0 Å². The Hall–Kier alpha value is 0.0169.